The van der Waals surface area contributed by atoms with Crippen LogP contribution in [0.25, 0.3) is 10.6 Å². The Balaban J connectivity index is 2.17. The maximum absolute atomic E-state index is 5.36. The van der Waals surface area contributed by atoms with Crippen molar-refractivity contribution in [2.24, 2.45) is 0 Å². The quantitative estimate of drug-likeness (QED) is 0.678. The molecular formula is C18H24N2O2S. The van der Waals surface area contributed by atoms with Crippen molar-refractivity contribution < 1.29 is 9.47 Å². The average molecular weight is 332 g/mol. The van der Waals surface area contributed by atoms with Crippen LogP contribution in [-0.2, 0) is 6.54 Å². The fourth-order valence-corrected chi connectivity index (χ4v) is 3.18. The molecule has 0 fully saturated rings. The van der Waals surface area contributed by atoms with E-state index in [4.69, 9.17) is 14.5 Å². The molecule has 0 saturated heterocycles. The van der Waals surface area contributed by atoms with E-state index in [2.05, 4.69) is 30.7 Å². The minimum Gasteiger partial charge on any atom is -0.493 e. The fourth-order valence-electron chi connectivity index (χ4n) is 2.37. The van der Waals surface area contributed by atoms with E-state index in [9.17, 15) is 0 Å². The highest BCUT2D eigenvalue weighted by molar-refractivity contribution is 7.13. The van der Waals surface area contributed by atoms with Crippen LogP contribution in [0.1, 0.15) is 19.5 Å². The lowest BCUT2D eigenvalue weighted by Gasteiger charge is -2.18. The molecule has 0 spiro atoms. The van der Waals surface area contributed by atoms with Crippen LogP contribution in [-0.4, -0.2) is 37.2 Å². The third-order valence-corrected chi connectivity index (χ3v) is 4.45. The van der Waals surface area contributed by atoms with E-state index >= 15 is 0 Å². The molecule has 0 bridgehead atoms. The minimum absolute atomic E-state index is 0.721. The SMILES string of the molecule is C=C(C)CN(CC)Cc1csc(-c2ccc(OC)c(OC)c2)n1. The molecule has 0 radical (unpaired) electrons. The number of hydrogen-bond donors (Lipinski definition) is 0. The molecular weight excluding hydrogens is 308 g/mol. The Labute approximate surface area is 142 Å². The summed E-state index contributed by atoms with van der Waals surface area (Å²) in [5.41, 5.74) is 3.30. The standard InChI is InChI=1S/C18H24N2O2S/c1-6-20(10-13(2)3)11-15-12-23-18(19-15)14-7-8-16(21-4)17(9-14)22-5/h7-9,12H,2,6,10-11H2,1,3-5H3. The molecule has 0 unspecified atom stereocenters. The number of ether oxygens (including phenoxy) is 2. The molecule has 0 N–H and O–H groups in total. The molecule has 0 saturated carbocycles. The summed E-state index contributed by atoms with van der Waals surface area (Å²) >= 11 is 1.65. The monoisotopic (exact) mass is 332 g/mol. The molecule has 0 atom stereocenters. The Bertz CT molecular complexity index is 667. The van der Waals surface area contributed by atoms with Gasteiger partial charge in [-0.2, -0.15) is 0 Å². The number of hydrogen-bond acceptors (Lipinski definition) is 5. The maximum Gasteiger partial charge on any atom is 0.161 e. The molecule has 124 valence electrons. The molecule has 0 aliphatic carbocycles. The first-order chi connectivity index (χ1) is 11.1. The van der Waals surface area contributed by atoms with E-state index in [0.29, 0.717) is 0 Å². The normalized spacial score (nSPS) is 10.8. The molecule has 1 aromatic heterocycles. The second kappa shape index (κ2) is 8.13. The summed E-state index contributed by atoms with van der Waals surface area (Å²) in [6.07, 6.45) is 0. The van der Waals surface area contributed by atoms with Crippen LogP contribution in [0.4, 0.5) is 0 Å². The van der Waals surface area contributed by atoms with E-state index < -0.39 is 0 Å². The first-order valence-corrected chi connectivity index (χ1v) is 8.48. The molecule has 2 rings (SSSR count). The van der Waals surface area contributed by atoms with Gasteiger partial charge in [0.05, 0.1) is 19.9 Å². The van der Waals surface area contributed by atoms with Gasteiger partial charge >= 0.3 is 0 Å². The van der Waals surface area contributed by atoms with Gasteiger partial charge in [0.15, 0.2) is 11.5 Å². The molecule has 1 heterocycles. The summed E-state index contributed by atoms with van der Waals surface area (Å²) in [6.45, 7) is 10.9. The van der Waals surface area contributed by atoms with Gasteiger partial charge in [-0.1, -0.05) is 19.1 Å². The van der Waals surface area contributed by atoms with Crippen molar-refractivity contribution in [3.8, 4) is 22.1 Å². The van der Waals surface area contributed by atoms with Crippen molar-refractivity contribution in [3.63, 3.8) is 0 Å². The van der Waals surface area contributed by atoms with Gasteiger partial charge in [-0.15, -0.1) is 11.3 Å². The summed E-state index contributed by atoms with van der Waals surface area (Å²) in [4.78, 5) is 7.09. The third kappa shape index (κ3) is 4.56. The van der Waals surface area contributed by atoms with E-state index in [-0.39, 0.29) is 0 Å². The third-order valence-electron chi connectivity index (χ3n) is 3.51. The predicted octanol–water partition coefficient (Wildman–Crippen LogP) is 4.23. The summed E-state index contributed by atoms with van der Waals surface area (Å²) in [5, 5.41) is 3.11. The molecule has 23 heavy (non-hydrogen) atoms. The first kappa shape index (κ1) is 17.5. The highest BCUT2D eigenvalue weighted by Crippen LogP contribution is 2.33. The second-order valence-electron chi connectivity index (χ2n) is 5.47. The van der Waals surface area contributed by atoms with Gasteiger partial charge in [0.2, 0.25) is 0 Å². The Kier molecular flexibility index (Phi) is 6.19. The Hall–Kier alpha value is -1.85. The largest absolute Gasteiger partial charge is 0.493 e. The molecule has 1 aromatic carbocycles. The summed E-state index contributed by atoms with van der Waals surface area (Å²) in [5.74, 6) is 1.45. The number of rotatable bonds is 8. The van der Waals surface area contributed by atoms with Gasteiger partial charge in [0.25, 0.3) is 0 Å². The van der Waals surface area contributed by atoms with E-state index in [1.54, 1.807) is 25.6 Å². The number of thiazole rings is 1. The molecule has 0 aliphatic heterocycles. The van der Waals surface area contributed by atoms with Crippen molar-refractivity contribution in [3.05, 3.63) is 41.4 Å². The lowest BCUT2D eigenvalue weighted by Crippen LogP contribution is -2.24. The van der Waals surface area contributed by atoms with Crippen LogP contribution in [0.3, 0.4) is 0 Å². The van der Waals surface area contributed by atoms with Crippen LogP contribution < -0.4 is 9.47 Å². The molecule has 5 heteroatoms. The van der Waals surface area contributed by atoms with Gasteiger partial charge in [-0.25, -0.2) is 4.98 Å². The van der Waals surface area contributed by atoms with Gasteiger partial charge in [-0.3, -0.25) is 4.90 Å². The lowest BCUT2D eigenvalue weighted by molar-refractivity contribution is 0.301. The van der Waals surface area contributed by atoms with Crippen LogP contribution in [0.5, 0.6) is 11.5 Å². The van der Waals surface area contributed by atoms with Crippen molar-refractivity contribution in [2.75, 3.05) is 27.3 Å². The van der Waals surface area contributed by atoms with E-state index in [0.717, 1.165) is 47.4 Å². The number of likely N-dealkylation sites (N-methyl/N-ethyl adjacent to an activating group) is 1. The van der Waals surface area contributed by atoms with Crippen molar-refractivity contribution in [2.45, 2.75) is 20.4 Å². The maximum atomic E-state index is 5.36. The van der Waals surface area contributed by atoms with Gasteiger partial charge in [0, 0.05) is 24.0 Å². The average Bonchev–Trinajstić information content (AvgIpc) is 3.01. The van der Waals surface area contributed by atoms with Crippen LogP contribution in [0.2, 0.25) is 0 Å². The Morgan fingerprint density at radius 1 is 1.26 bits per heavy atom. The van der Waals surface area contributed by atoms with Crippen molar-refractivity contribution >= 4 is 11.3 Å². The predicted molar refractivity (Wildman–Crippen MR) is 96.4 cm³/mol. The summed E-state index contributed by atoms with van der Waals surface area (Å²) in [7, 11) is 3.28. The smallest absolute Gasteiger partial charge is 0.161 e. The lowest BCUT2D eigenvalue weighted by atomic mass is 10.2. The number of aromatic nitrogens is 1. The van der Waals surface area contributed by atoms with Crippen LogP contribution >= 0.6 is 11.3 Å². The zero-order valence-electron chi connectivity index (χ0n) is 14.3. The fraction of sp³-hybridized carbons (Fsp3) is 0.389. The Morgan fingerprint density at radius 2 is 2.00 bits per heavy atom. The zero-order chi connectivity index (χ0) is 16.8. The zero-order valence-corrected chi connectivity index (χ0v) is 15.1. The van der Waals surface area contributed by atoms with Gasteiger partial charge < -0.3 is 9.47 Å². The summed E-state index contributed by atoms with van der Waals surface area (Å²) in [6, 6.07) is 5.89. The number of nitrogens with zero attached hydrogens (tertiary/aromatic N) is 2. The summed E-state index contributed by atoms with van der Waals surface area (Å²) < 4.78 is 10.6. The number of benzene rings is 1. The molecule has 2 aromatic rings. The molecule has 0 amide bonds. The van der Waals surface area contributed by atoms with Crippen LogP contribution in [0.15, 0.2) is 35.7 Å². The van der Waals surface area contributed by atoms with Crippen LogP contribution in [0, 0.1) is 0 Å². The van der Waals surface area contributed by atoms with E-state index in [1.807, 2.05) is 18.2 Å². The highest BCUT2D eigenvalue weighted by atomic mass is 32.1. The highest BCUT2D eigenvalue weighted by Gasteiger charge is 2.11. The molecule has 4 nitrogen and oxygen atoms in total. The minimum atomic E-state index is 0.721. The van der Waals surface area contributed by atoms with Gasteiger partial charge in [-0.05, 0) is 31.7 Å². The second-order valence-corrected chi connectivity index (χ2v) is 6.33. The van der Waals surface area contributed by atoms with Crippen molar-refractivity contribution in [1.29, 1.82) is 0 Å². The first-order valence-electron chi connectivity index (χ1n) is 7.60. The topological polar surface area (TPSA) is 34.6 Å². The van der Waals surface area contributed by atoms with Crippen molar-refractivity contribution in [1.82, 2.24) is 9.88 Å². The van der Waals surface area contributed by atoms with Gasteiger partial charge in [0.1, 0.15) is 5.01 Å². The molecule has 0 aliphatic rings. The van der Waals surface area contributed by atoms with E-state index in [1.165, 1.54) is 5.57 Å². The Morgan fingerprint density at radius 3 is 2.61 bits per heavy atom. The number of methoxy groups -OCH3 is 2.